The average molecular weight is 262 g/mol. The van der Waals surface area contributed by atoms with Gasteiger partial charge in [0.2, 0.25) is 10.0 Å². The van der Waals surface area contributed by atoms with Gasteiger partial charge in [-0.15, -0.1) is 0 Å². The van der Waals surface area contributed by atoms with Gasteiger partial charge in [-0.3, -0.25) is 4.90 Å². The number of sulfonamides is 1. The lowest BCUT2D eigenvalue weighted by molar-refractivity contribution is 0.0648. The molecule has 0 aromatic rings. The third kappa shape index (κ3) is 3.64. The Morgan fingerprint density at radius 1 is 1.29 bits per heavy atom. The average Bonchev–Trinajstić information content (AvgIpc) is 2.49. The number of rotatable bonds is 5. The Labute approximate surface area is 103 Å². The lowest BCUT2D eigenvalue weighted by Gasteiger charge is -2.35. The minimum absolute atomic E-state index is 0.120. The van der Waals surface area contributed by atoms with Crippen LogP contribution in [-0.2, 0) is 10.0 Å². The van der Waals surface area contributed by atoms with Gasteiger partial charge in [0.15, 0.2) is 0 Å². The van der Waals surface area contributed by atoms with Gasteiger partial charge < -0.3 is 5.11 Å². The summed E-state index contributed by atoms with van der Waals surface area (Å²) in [5, 5.41) is 9.86. The van der Waals surface area contributed by atoms with E-state index in [0.717, 1.165) is 6.26 Å². The summed E-state index contributed by atoms with van der Waals surface area (Å²) in [5.41, 5.74) is 0. The number of aliphatic hydroxyl groups excluding tert-OH is 1. The van der Waals surface area contributed by atoms with Gasteiger partial charge in [-0.2, -0.15) is 0 Å². The fourth-order valence-electron chi connectivity index (χ4n) is 3.08. The SMILES string of the molecule is CS(=O)(=O)NCC(O)CN1[C@@H]2CCC[C@H]1CC2. The molecule has 2 aliphatic rings. The molecule has 0 amide bonds. The summed E-state index contributed by atoms with van der Waals surface area (Å²) < 4.78 is 24.2. The molecule has 0 aromatic heterocycles. The summed E-state index contributed by atoms with van der Waals surface area (Å²) in [5.74, 6) is 0. The van der Waals surface area contributed by atoms with E-state index in [-0.39, 0.29) is 6.54 Å². The van der Waals surface area contributed by atoms with E-state index in [1.54, 1.807) is 0 Å². The van der Waals surface area contributed by atoms with Gasteiger partial charge in [0.1, 0.15) is 0 Å². The largest absolute Gasteiger partial charge is 0.390 e. The maximum atomic E-state index is 10.9. The molecule has 0 aromatic carbocycles. The third-order valence-corrected chi connectivity index (χ3v) is 4.54. The van der Waals surface area contributed by atoms with E-state index in [4.69, 9.17) is 0 Å². The highest BCUT2D eigenvalue weighted by atomic mass is 32.2. The number of fused-ring (bicyclic) bond motifs is 2. The molecule has 2 N–H and O–H groups in total. The van der Waals surface area contributed by atoms with Gasteiger partial charge in [0.05, 0.1) is 12.4 Å². The zero-order valence-corrected chi connectivity index (χ0v) is 11.1. The van der Waals surface area contributed by atoms with Gasteiger partial charge in [0.25, 0.3) is 0 Å². The van der Waals surface area contributed by atoms with Crippen LogP contribution in [0, 0.1) is 0 Å². The van der Waals surface area contributed by atoms with Crippen molar-refractivity contribution in [3.05, 3.63) is 0 Å². The van der Waals surface area contributed by atoms with Crippen molar-refractivity contribution in [2.45, 2.75) is 50.3 Å². The van der Waals surface area contributed by atoms with E-state index in [9.17, 15) is 13.5 Å². The van der Waals surface area contributed by atoms with Crippen LogP contribution in [0.5, 0.6) is 0 Å². The van der Waals surface area contributed by atoms with E-state index in [1.807, 2.05) is 0 Å². The van der Waals surface area contributed by atoms with Crippen LogP contribution in [0.1, 0.15) is 32.1 Å². The highest BCUT2D eigenvalue weighted by Gasteiger charge is 2.36. The van der Waals surface area contributed by atoms with E-state index in [1.165, 1.54) is 32.1 Å². The van der Waals surface area contributed by atoms with Crippen molar-refractivity contribution in [3.8, 4) is 0 Å². The smallest absolute Gasteiger partial charge is 0.208 e. The van der Waals surface area contributed by atoms with Gasteiger partial charge in [0, 0.05) is 25.2 Å². The second-order valence-electron chi connectivity index (χ2n) is 5.29. The first-order valence-corrected chi connectivity index (χ1v) is 8.23. The molecule has 2 saturated heterocycles. The Morgan fingerprint density at radius 3 is 2.41 bits per heavy atom. The number of nitrogens with zero attached hydrogens (tertiary/aromatic N) is 1. The van der Waals surface area contributed by atoms with Crippen LogP contribution >= 0.6 is 0 Å². The Hall–Kier alpha value is -0.170. The Kier molecular flexibility index (Phi) is 4.07. The zero-order valence-electron chi connectivity index (χ0n) is 10.3. The van der Waals surface area contributed by atoms with Gasteiger partial charge in [-0.05, 0) is 25.7 Å². The number of hydrogen-bond donors (Lipinski definition) is 2. The summed E-state index contributed by atoms with van der Waals surface area (Å²) >= 11 is 0. The molecule has 0 aliphatic carbocycles. The molecule has 17 heavy (non-hydrogen) atoms. The molecule has 2 fully saturated rings. The van der Waals surface area contributed by atoms with Crippen LogP contribution in [-0.4, -0.2) is 56.0 Å². The molecule has 1 unspecified atom stereocenters. The van der Waals surface area contributed by atoms with Crippen LogP contribution in [0.25, 0.3) is 0 Å². The fourth-order valence-corrected chi connectivity index (χ4v) is 3.57. The first-order chi connectivity index (χ1) is 7.96. The van der Waals surface area contributed by atoms with Crippen LogP contribution < -0.4 is 4.72 Å². The van der Waals surface area contributed by atoms with Crippen molar-refractivity contribution in [1.82, 2.24) is 9.62 Å². The van der Waals surface area contributed by atoms with Crippen molar-refractivity contribution in [1.29, 1.82) is 0 Å². The molecule has 0 saturated carbocycles. The monoisotopic (exact) mass is 262 g/mol. The minimum atomic E-state index is -3.20. The summed E-state index contributed by atoms with van der Waals surface area (Å²) in [6, 6.07) is 1.23. The summed E-state index contributed by atoms with van der Waals surface area (Å²) in [7, 11) is -3.20. The summed E-state index contributed by atoms with van der Waals surface area (Å²) in [6.07, 6.45) is 6.72. The lowest BCUT2D eigenvalue weighted by Crippen LogP contribution is -2.46. The Morgan fingerprint density at radius 2 is 1.88 bits per heavy atom. The molecule has 3 atom stereocenters. The molecule has 2 rings (SSSR count). The maximum Gasteiger partial charge on any atom is 0.208 e. The highest BCUT2D eigenvalue weighted by molar-refractivity contribution is 7.88. The molecule has 0 radical (unpaired) electrons. The molecular formula is C11H22N2O3S. The topological polar surface area (TPSA) is 69.6 Å². The minimum Gasteiger partial charge on any atom is -0.390 e. The number of aliphatic hydroxyl groups is 1. The lowest BCUT2D eigenvalue weighted by atomic mass is 10.0. The number of hydrogen-bond acceptors (Lipinski definition) is 4. The zero-order chi connectivity index (χ0) is 12.5. The molecule has 2 bridgehead atoms. The maximum absolute atomic E-state index is 10.9. The van der Waals surface area contributed by atoms with Gasteiger partial charge >= 0.3 is 0 Å². The van der Waals surface area contributed by atoms with Crippen LogP contribution in [0.15, 0.2) is 0 Å². The van der Waals surface area contributed by atoms with Crippen LogP contribution in [0.3, 0.4) is 0 Å². The van der Waals surface area contributed by atoms with Gasteiger partial charge in [-0.25, -0.2) is 13.1 Å². The predicted octanol–water partition coefficient (Wildman–Crippen LogP) is -0.0866. The van der Waals surface area contributed by atoms with Crippen molar-refractivity contribution >= 4 is 10.0 Å². The standard InChI is InChI=1S/C11H22N2O3S/c1-17(15,16)12-7-11(14)8-13-9-3-2-4-10(13)6-5-9/h9-12,14H,2-8H2,1H3/t9-,10+,11?. The summed E-state index contributed by atoms with van der Waals surface area (Å²) in [6.45, 7) is 0.715. The molecular weight excluding hydrogens is 240 g/mol. The second kappa shape index (κ2) is 5.22. The summed E-state index contributed by atoms with van der Waals surface area (Å²) in [4.78, 5) is 2.37. The quantitative estimate of drug-likeness (QED) is 0.727. The molecule has 0 spiro atoms. The molecule has 5 nitrogen and oxygen atoms in total. The molecule has 2 heterocycles. The number of piperidine rings is 1. The van der Waals surface area contributed by atoms with Crippen molar-refractivity contribution < 1.29 is 13.5 Å². The molecule has 2 aliphatic heterocycles. The van der Waals surface area contributed by atoms with Crippen LogP contribution in [0.4, 0.5) is 0 Å². The van der Waals surface area contributed by atoms with E-state index >= 15 is 0 Å². The Bertz CT molecular complexity index is 342. The normalized spacial score (nSPS) is 31.6. The Balaban J connectivity index is 1.80. The third-order valence-electron chi connectivity index (χ3n) is 3.85. The van der Waals surface area contributed by atoms with E-state index < -0.39 is 16.1 Å². The van der Waals surface area contributed by atoms with Crippen molar-refractivity contribution in [2.24, 2.45) is 0 Å². The van der Waals surface area contributed by atoms with E-state index in [0.29, 0.717) is 18.6 Å². The van der Waals surface area contributed by atoms with Crippen molar-refractivity contribution in [2.75, 3.05) is 19.3 Å². The first kappa shape index (κ1) is 13.3. The fraction of sp³-hybridized carbons (Fsp3) is 1.00. The molecule has 6 heteroatoms. The van der Waals surface area contributed by atoms with Crippen molar-refractivity contribution in [3.63, 3.8) is 0 Å². The second-order valence-corrected chi connectivity index (χ2v) is 7.12. The number of nitrogens with one attached hydrogen (secondary N) is 1. The van der Waals surface area contributed by atoms with Gasteiger partial charge in [-0.1, -0.05) is 6.42 Å². The first-order valence-electron chi connectivity index (χ1n) is 6.34. The van der Waals surface area contributed by atoms with Crippen LogP contribution in [0.2, 0.25) is 0 Å². The van der Waals surface area contributed by atoms with E-state index in [2.05, 4.69) is 9.62 Å². The predicted molar refractivity (Wildman–Crippen MR) is 66.2 cm³/mol. The molecule has 100 valence electrons. The highest BCUT2D eigenvalue weighted by Crippen LogP contribution is 2.35.